The van der Waals surface area contributed by atoms with Gasteiger partial charge in [0.25, 0.3) is 5.91 Å². The average molecular weight is 418 g/mol. The lowest BCUT2D eigenvalue weighted by Gasteiger charge is -2.35. The zero-order chi connectivity index (χ0) is 21.4. The van der Waals surface area contributed by atoms with Crippen LogP contribution in [0.2, 0.25) is 0 Å². The van der Waals surface area contributed by atoms with Crippen LogP contribution in [0.1, 0.15) is 52.7 Å². The van der Waals surface area contributed by atoms with Crippen molar-refractivity contribution in [2.45, 2.75) is 50.8 Å². The normalized spacial score (nSPS) is 20.7. The van der Waals surface area contributed by atoms with Crippen molar-refractivity contribution >= 4 is 5.91 Å². The van der Waals surface area contributed by atoms with E-state index in [1.807, 2.05) is 47.6 Å². The third-order valence-corrected chi connectivity index (χ3v) is 6.38. The van der Waals surface area contributed by atoms with E-state index in [1.54, 1.807) is 18.0 Å². The zero-order valence-electron chi connectivity index (χ0n) is 17.6. The Balaban J connectivity index is 1.39. The summed E-state index contributed by atoms with van der Waals surface area (Å²) in [4.78, 5) is 19.5. The van der Waals surface area contributed by atoms with Crippen LogP contribution in [0, 0.1) is 0 Å². The van der Waals surface area contributed by atoms with E-state index in [-0.39, 0.29) is 11.9 Å². The maximum Gasteiger partial charge on any atom is 0.254 e. The Hall–Kier alpha value is -3.19. The minimum atomic E-state index is -0.437. The predicted octanol–water partition coefficient (Wildman–Crippen LogP) is 3.13. The summed E-state index contributed by atoms with van der Waals surface area (Å²) in [6, 6.07) is 9.64. The lowest BCUT2D eigenvalue weighted by atomic mass is 9.91. The molecule has 2 aromatic heterocycles. The summed E-state index contributed by atoms with van der Waals surface area (Å²) in [7, 11) is 1.66. The molecule has 1 aliphatic heterocycles. The highest BCUT2D eigenvalue weighted by Gasteiger charge is 2.37. The summed E-state index contributed by atoms with van der Waals surface area (Å²) in [5.41, 5.74) is 3.67. The van der Waals surface area contributed by atoms with Gasteiger partial charge in [0.05, 0.1) is 19.3 Å². The third-order valence-electron chi connectivity index (χ3n) is 6.38. The smallest absolute Gasteiger partial charge is 0.254 e. The van der Waals surface area contributed by atoms with Gasteiger partial charge in [-0.1, -0.05) is 18.9 Å². The third kappa shape index (κ3) is 3.70. The molecule has 1 aliphatic carbocycles. The number of carbonyl (C=O) groups is 1. The molecule has 31 heavy (non-hydrogen) atoms. The quantitative estimate of drug-likeness (QED) is 0.689. The van der Waals surface area contributed by atoms with Crippen LogP contribution in [0.5, 0.6) is 5.75 Å². The van der Waals surface area contributed by atoms with Gasteiger partial charge in [-0.15, -0.1) is 0 Å². The maximum atomic E-state index is 13.2. The number of ether oxygens (including phenoxy) is 1. The molecule has 0 spiro atoms. The van der Waals surface area contributed by atoms with E-state index in [1.165, 1.54) is 0 Å². The number of pyridine rings is 1. The number of aliphatic hydroxyl groups is 1. The van der Waals surface area contributed by atoms with Crippen molar-refractivity contribution in [1.29, 1.82) is 0 Å². The summed E-state index contributed by atoms with van der Waals surface area (Å²) in [5, 5.41) is 14.6. The van der Waals surface area contributed by atoms with Crippen molar-refractivity contribution < 1.29 is 14.6 Å². The molecule has 1 aromatic carbocycles. The molecule has 160 valence electrons. The highest BCUT2D eigenvalue weighted by Crippen LogP contribution is 2.35. The Morgan fingerprint density at radius 2 is 2.10 bits per heavy atom. The highest BCUT2D eigenvalue weighted by molar-refractivity contribution is 5.99. The molecule has 0 bridgehead atoms. The van der Waals surface area contributed by atoms with Gasteiger partial charge in [0.1, 0.15) is 5.75 Å². The van der Waals surface area contributed by atoms with Crippen molar-refractivity contribution in [1.82, 2.24) is 19.7 Å². The predicted molar refractivity (Wildman–Crippen MR) is 115 cm³/mol. The Bertz CT molecular complexity index is 1080. The van der Waals surface area contributed by atoms with Crippen LogP contribution in [0.4, 0.5) is 0 Å². The molecule has 3 aromatic rings. The minimum Gasteiger partial charge on any atom is -0.496 e. The van der Waals surface area contributed by atoms with E-state index >= 15 is 0 Å². The Kier molecular flexibility index (Phi) is 5.19. The number of benzene rings is 1. The fourth-order valence-corrected chi connectivity index (χ4v) is 4.74. The first-order valence-electron chi connectivity index (χ1n) is 10.8. The second-order valence-corrected chi connectivity index (χ2v) is 8.33. The first-order chi connectivity index (χ1) is 15.1. The summed E-state index contributed by atoms with van der Waals surface area (Å²) in [5.74, 6) is 1.54. The molecule has 0 saturated heterocycles. The molecule has 2 aliphatic rings. The number of aromatic nitrogens is 3. The SMILES string of the molecule is COc1cc2c(cc1Cc1ccc(-n3cccn3)nc1)C(=O)N([C@H]1CCCC[C@@H]1O)C2. The van der Waals surface area contributed by atoms with Crippen molar-refractivity contribution in [2.24, 2.45) is 0 Å². The highest BCUT2D eigenvalue weighted by atomic mass is 16.5. The number of aliphatic hydroxyl groups excluding tert-OH is 1. The Morgan fingerprint density at radius 3 is 2.81 bits per heavy atom. The van der Waals surface area contributed by atoms with Gasteiger partial charge in [0, 0.05) is 37.1 Å². The molecule has 1 N–H and O–H groups in total. The van der Waals surface area contributed by atoms with Gasteiger partial charge in [0.2, 0.25) is 0 Å². The first kappa shape index (κ1) is 19.8. The van der Waals surface area contributed by atoms with Gasteiger partial charge in [-0.2, -0.15) is 5.10 Å². The Labute approximate surface area is 181 Å². The van der Waals surface area contributed by atoms with Gasteiger partial charge in [0.15, 0.2) is 5.82 Å². The van der Waals surface area contributed by atoms with Gasteiger partial charge in [-0.3, -0.25) is 4.79 Å². The number of fused-ring (bicyclic) bond motifs is 1. The van der Waals surface area contributed by atoms with Gasteiger partial charge in [-0.05, 0) is 53.8 Å². The monoisotopic (exact) mass is 418 g/mol. The fourth-order valence-electron chi connectivity index (χ4n) is 4.74. The van der Waals surface area contributed by atoms with Gasteiger partial charge >= 0.3 is 0 Å². The number of carbonyl (C=O) groups excluding carboxylic acids is 1. The number of rotatable bonds is 5. The van der Waals surface area contributed by atoms with Crippen molar-refractivity contribution in [3.8, 4) is 11.6 Å². The summed E-state index contributed by atoms with van der Waals surface area (Å²) < 4.78 is 7.36. The largest absolute Gasteiger partial charge is 0.496 e. The molecule has 5 rings (SSSR count). The molecule has 1 fully saturated rings. The molecule has 3 heterocycles. The number of nitrogens with zero attached hydrogens (tertiary/aromatic N) is 4. The number of hydrogen-bond donors (Lipinski definition) is 1. The number of methoxy groups -OCH3 is 1. The molecule has 0 unspecified atom stereocenters. The number of hydrogen-bond acceptors (Lipinski definition) is 5. The summed E-state index contributed by atoms with van der Waals surface area (Å²) >= 11 is 0. The zero-order valence-corrected chi connectivity index (χ0v) is 17.6. The van der Waals surface area contributed by atoms with Crippen molar-refractivity contribution in [2.75, 3.05) is 7.11 Å². The van der Waals surface area contributed by atoms with Crippen molar-refractivity contribution in [3.05, 3.63) is 71.2 Å². The van der Waals surface area contributed by atoms with Crippen LogP contribution >= 0.6 is 0 Å². The molecule has 1 amide bonds. The second-order valence-electron chi connectivity index (χ2n) is 8.33. The fraction of sp³-hybridized carbons (Fsp3) is 0.375. The van der Waals surface area contributed by atoms with E-state index < -0.39 is 6.10 Å². The molecule has 7 nitrogen and oxygen atoms in total. The average Bonchev–Trinajstić information content (AvgIpc) is 3.43. The van der Waals surface area contributed by atoms with E-state index in [0.29, 0.717) is 13.0 Å². The van der Waals surface area contributed by atoms with Crippen LogP contribution in [0.25, 0.3) is 5.82 Å². The van der Waals surface area contributed by atoms with Crippen LogP contribution in [0.15, 0.2) is 48.9 Å². The summed E-state index contributed by atoms with van der Waals surface area (Å²) in [6.07, 6.45) is 9.28. The second kappa shape index (κ2) is 8.15. The van der Waals surface area contributed by atoms with E-state index in [0.717, 1.165) is 59.5 Å². The van der Waals surface area contributed by atoms with Gasteiger partial charge < -0.3 is 14.7 Å². The van der Waals surface area contributed by atoms with Crippen molar-refractivity contribution in [3.63, 3.8) is 0 Å². The molecule has 0 radical (unpaired) electrons. The van der Waals surface area contributed by atoms with Crippen LogP contribution < -0.4 is 4.74 Å². The topological polar surface area (TPSA) is 80.5 Å². The molecule has 1 saturated carbocycles. The number of amides is 1. The Morgan fingerprint density at radius 1 is 1.23 bits per heavy atom. The first-order valence-corrected chi connectivity index (χ1v) is 10.8. The lowest BCUT2D eigenvalue weighted by Crippen LogP contribution is -2.45. The molecule has 2 atom stereocenters. The van der Waals surface area contributed by atoms with E-state index in [4.69, 9.17) is 4.74 Å². The maximum absolute atomic E-state index is 13.2. The van der Waals surface area contributed by atoms with Crippen LogP contribution in [0.3, 0.4) is 0 Å². The molecular weight excluding hydrogens is 392 g/mol. The van der Waals surface area contributed by atoms with E-state index in [9.17, 15) is 9.90 Å². The van der Waals surface area contributed by atoms with Crippen LogP contribution in [-0.2, 0) is 13.0 Å². The molecule has 7 heteroatoms. The van der Waals surface area contributed by atoms with Gasteiger partial charge in [-0.25, -0.2) is 9.67 Å². The van der Waals surface area contributed by atoms with Crippen LogP contribution in [-0.4, -0.2) is 49.9 Å². The van der Waals surface area contributed by atoms with E-state index in [2.05, 4.69) is 10.1 Å². The standard InChI is InChI=1S/C24H26N4O3/c1-31-22-13-18-15-27(20-5-2-3-6-21(20)29)24(30)19(18)12-17(22)11-16-7-8-23(25-14-16)28-10-4-9-26-28/h4,7-10,12-14,20-21,29H,2-3,5-6,11,15H2,1H3/t20-,21-/m0/s1. The minimum absolute atomic E-state index is 0.0111. The lowest BCUT2D eigenvalue weighted by molar-refractivity contribution is 0.0191. The molecular formula is C24H26N4O3. The summed E-state index contributed by atoms with van der Waals surface area (Å²) in [6.45, 7) is 0.534.